The molecule has 1 amide bonds. The van der Waals surface area contributed by atoms with E-state index in [0.717, 1.165) is 25.6 Å². The highest BCUT2D eigenvalue weighted by molar-refractivity contribution is 5.68. The second kappa shape index (κ2) is 4.24. The molecule has 0 aromatic rings. The van der Waals surface area contributed by atoms with Crippen LogP contribution in [0.5, 0.6) is 0 Å². The summed E-state index contributed by atoms with van der Waals surface area (Å²) in [4.78, 5) is 13.7. The summed E-state index contributed by atoms with van der Waals surface area (Å²) in [6, 6.07) is 0.487. The van der Waals surface area contributed by atoms with Crippen LogP contribution in [0.15, 0.2) is 0 Å². The second-order valence-corrected chi connectivity index (χ2v) is 5.82. The molecule has 0 bridgehead atoms. The fraction of sp³-hybridized carbons (Fsp3) is 0.917. The molecule has 1 unspecified atom stereocenters. The summed E-state index contributed by atoms with van der Waals surface area (Å²) in [7, 11) is 0. The normalized spacial score (nSPS) is 26.7. The maximum Gasteiger partial charge on any atom is 0.410 e. The quantitative estimate of drug-likeness (QED) is 0.738. The van der Waals surface area contributed by atoms with Crippen LogP contribution in [0, 0.1) is 5.92 Å². The van der Waals surface area contributed by atoms with Gasteiger partial charge >= 0.3 is 6.09 Å². The van der Waals surface area contributed by atoms with Crippen LogP contribution in [0.2, 0.25) is 0 Å². The van der Waals surface area contributed by atoms with E-state index in [0.29, 0.717) is 6.04 Å². The van der Waals surface area contributed by atoms with Crippen molar-refractivity contribution in [2.24, 2.45) is 5.92 Å². The third kappa shape index (κ3) is 3.11. The molecule has 1 saturated carbocycles. The number of amides is 1. The average Bonchev–Trinajstić information content (AvgIpc) is 2.98. The molecule has 4 heteroatoms. The Kier molecular flexibility index (Phi) is 3.10. The Labute approximate surface area is 97.3 Å². The van der Waals surface area contributed by atoms with E-state index in [2.05, 4.69) is 5.32 Å². The van der Waals surface area contributed by atoms with Gasteiger partial charge in [-0.05, 0) is 39.5 Å². The van der Waals surface area contributed by atoms with Crippen molar-refractivity contribution in [2.75, 3.05) is 19.6 Å². The first-order chi connectivity index (χ1) is 7.46. The highest BCUT2D eigenvalue weighted by atomic mass is 16.6. The molecule has 1 N–H and O–H groups in total. The van der Waals surface area contributed by atoms with Crippen molar-refractivity contribution in [3.05, 3.63) is 0 Å². The highest BCUT2D eigenvalue weighted by Crippen LogP contribution is 2.33. The number of ether oxygens (including phenoxy) is 1. The van der Waals surface area contributed by atoms with Gasteiger partial charge in [0.25, 0.3) is 0 Å². The van der Waals surface area contributed by atoms with E-state index in [1.54, 1.807) is 0 Å². The molecular weight excluding hydrogens is 204 g/mol. The van der Waals surface area contributed by atoms with Crippen molar-refractivity contribution in [3.63, 3.8) is 0 Å². The molecule has 2 fully saturated rings. The Morgan fingerprint density at radius 1 is 1.38 bits per heavy atom. The lowest BCUT2D eigenvalue weighted by atomic mass is 10.1. The fourth-order valence-electron chi connectivity index (χ4n) is 2.08. The lowest BCUT2D eigenvalue weighted by Gasteiger charge is -2.35. The summed E-state index contributed by atoms with van der Waals surface area (Å²) < 4.78 is 5.38. The van der Waals surface area contributed by atoms with Crippen molar-refractivity contribution in [3.8, 4) is 0 Å². The minimum atomic E-state index is -0.392. The Morgan fingerprint density at radius 2 is 2.06 bits per heavy atom. The summed E-state index contributed by atoms with van der Waals surface area (Å²) >= 11 is 0. The summed E-state index contributed by atoms with van der Waals surface area (Å²) in [5.74, 6) is 0.783. The van der Waals surface area contributed by atoms with Crippen molar-refractivity contribution in [1.29, 1.82) is 0 Å². The number of piperazine rings is 1. The third-order valence-corrected chi connectivity index (χ3v) is 3.05. The number of carbonyl (C=O) groups is 1. The molecule has 4 nitrogen and oxygen atoms in total. The lowest BCUT2D eigenvalue weighted by molar-refractivity contribution is 0.0188. The van der Waals surface area contributed by atoms with Gasteiger partial charge in [0.2, 0.25) is 0 Å². The van der Waals surface area contributed by atoms with Gasteiger partial charge in [0, 0.05) is 25.7 Å². The fourth-order valence-corrected chi connectivity index (χ4v) is 2.08. The molecular formula is C12H22N2O2. The maximum atomic E-state index is 11.9. The Bertz CT molecular complexity index is 269. The highest BCUT2D eigenvalue weighted by Gasteiger charge is 2.36. The van der Waals surface area contributed by atoms with Crippen LogP contribution in [0.3, 0.4) is 0 Å². The van der Waals surface area contributed by atoms with Gasteiger partial charge in [-0.15, -0.1) is 0 Å². The first kappa shape index (κ1) is 11.7. The van der Waals surface area contributed by atoms with Crippen molar-refractivity contribution in [1.82, 2.24) is 10.2 Å². The first-order valence-electron chi connectivity index (χ1n) is 6.17. The largest absolute Gasteiger partial charge is 0.444 e. The number of hydrogen-bond donors (Lipinski definition) is 1. The van der Waals surface area contributed by atoms with Gasteiger partial charge in [-0.2, -0.15) is 0 Å². The average molecular weight is 226 g/mol. The number of rotatable bonds is 1. The van der Waals surface area contributed by atoms with E-state index in [1.165, 1.54) is 12.8 Å². The van der Waals surface area contributed by atoms with Gasteiger partial charge in [0.15, 0.2) is 0 Å². The van der Waals surface area contributed by atoms with Crippen molar-refractivity contribution >= 4 is 6.09 Å². The molecule has 1 aliphatic carbocycles. The Balaban J connectivity index is 1.86. The molecule has 2 aliphatic rings. The third-order valence-electron chi connectivity index (χ3n) is 3.05. The van der Waals surface area contributed by atoms with E-state index in [-0.39, 0.29) is 6.09 Å². The molecule has 1 heterocycles. The summed E-state index contributed by atoms with van der Waals surface area (Å²) in [6.07, 6.45) is 2.44. The second-order valence-electron chi connectivity index (χ2n) is 5.82. The molecule has 1 saturated heterocycles. The van der Waals surface area contributed by atoms with Crippen LogP contribution < -0.4 is 5.32 Å². The van der Waals surface area contributed by atoms with E-state index in [1.807, 2.05) is 25.7 Å². The minimum Gasteiger partial charge on any atom is -0.444 e. The van der Waals surface area contributed by atoms with Gasteiger partial charge < -0.3 is 15.0 Å². The number of hydrogen-bond acceptors (Lipinski definition) is 3. The van der Waals surface area contributed by atoms with Crippen LogP contribution in [-0.2, 0) is 4.74 Å². The van der Waals surface area contributed by atoms with Gasteiger partial charge in [-0.1, -0.05) is 0 Å². The number of nitrogens with one attached hydrogen (secondary N) is 1. The SMILES string of the molecule is CC(C)(C)OC(=O)N1CCNC(C2CC2)C1. The smallest absolute Gasteiger partial charge is 0.410 e. The van der Waals surface area contributed by atoms with Crippen molar-refractivity contribution < 1.29 is 9.53 Å². The topological polar surface area (TPSA) is 41.6 Å². The molecule has 0 aromatic heterocycles. The predicted molar refractivity (Wildman–Crippen MR) is 62.3 cm³/mol. The molecule has 0 aromatic carbocycles. The van der Waals surface area contributed by atoms with Gasteiger partial charge in [-0.3, -0.25) is 0 Å². The maximum absolute atomic E-state index is 11.9. The summed E-state index contributed by atoms with van der Waals surface area (Å²) in [5.41, 5.74) is -0.392. The van der Waals surface area contributed by atoms with Crippen LogP contribution in [0.4, 0.5) is 4.79 Å². The monoisotopic (exact) mass is 226 g/mol. The first-order valence-corrected chi connectivity index (χ1v) is 6.17. The molecule has 1 aliphatic heterocycles. The summed E-state index contributed by atoms with van der Waals surface area (Å²) in [6.45, 7) is 8.18. The van der Waals surface area contributed by atoms with Crippen LogP contribution in [0.25, 0.3) is 0 Å². The van der Waals surface area contributed by atoms with Crippen LogP contribution in [0.1, 0.15) is 33.6 Å². The van der Waals surface area contributed by atoms with E-state index in [9.17, 15) is 4.79 Å². The van der Waals surface area contributed by atoms with Crippen molar-refractivity contribution in [2.45, 2.75) is 45.3 Å². The summed E-state index contributed by atoms with van der Waals surface area (Å²) in [5, 5.41) is 3.48. The zero-order chi connectivity index (χ0) is 11.8. The van der Waals surface area contributed by atoms with E-state index < -0.39 is 5.60 Å². The van der Waals surface area contributed by atoms with E-state index >= 15 is 0 Å². The minimum absolute atomic E-state index is 0.167. The zero-order valence-corrected chi connectivity index (χ0v) is 10.5. The number of carbonyl (C=O) groups excluding carboxylic acids is 1. The Hall–Kier alpha value is -0.770. The molecule has 92 valence electrons. The van der Waals surface area contributed by atoms with E-state index in [4.69, 9.17) is 4.74 Å². The van der Waals surface area contributed by atoms with Gasteiger partial charge in [0.1, 0.15) is 5.60 Å². The standard InChI is InChI=1S/C12H22N2O2/c1-12(2,3)16-11(15)14-7-6-13-10(8-14)9-4-5-9/h9-10,13H,4-8H2,1-3H3. The number of nitrogens with zero attached hydrogens (tertiary/aromatic N) is 1. The molecule has 0 radical (unpaired) electrons. The van der Waals surface area contributed by atoms with Gasteiger partial charge in [-0.25, -0.2) is 4.79 Å². The molecule has 16 heavy (non-hydrogen) atoms. The molecule has 0 spiro atoms. The molecule has 1 atom stereocenters. The zero-order valence-electron chi connectivity index (χ0n) is 10.5. The molecule has 2 rings (SSSR count). The van der Waals surface area contributed by atoms with Gasteiger partial charge in [0.05, 0.1) is 0 Å². The lowest BCUT2D eigenvalue weighted by Crippen LogP contribution is -2.54. The van der Waals surface area contributed by atoms with Crippen LogP contribution in [-0.4, -0.2) is 42.3 Å². The Morgan fingerprint density at radius 3 is 2.62 bits per heavy atom. The van der Waals surface area contributed by atoms with Crippen LogP contribution >= 0.6 is 0 Å². The predicted octanol–water partition coefficient (Wildman–Crippen LogP) is 1.61.